The first-order chi connectivity index (χ1) is 6.61. The highest BCUT2D eigenvalue weighted by molar-refractivity contribution is 6.04. The molecule has 0 bridgehead atoms. The molecule has 0 saturated carbocycles. The Bertz CT molecular complexity index is 339. The number of carbonyl (C=O) groups is 1. The number of nitrogens with two attached hydrogens (primary N) is 1. The van der Waals surface area contributed by atoms with Crippen LogP contribution in [0, 0.1) is 5.92 Å². The lowest BCUT2D eigenvalue weighted by molar-refractivity contribution is 0.104. The van der Waals surface area contributed by atoms with E-state index >= 15 is 0 Å². The third kappa shape index (κ3) is 2.73. The first-order valence-electron chi connectivity index (χ1n) is 4.67. The van der Waals surface area contributed by atoms with Gasteiger partial charge in [-0.05, 0) is 5.92 Å². The minimum Gasteiger partial charge on any atom is -0.402 e. The molecule has 14 heavy (non-hydrogen) atoms. The van der Waals surface area contributed by atoms with Gasteiger partial charge in [-0.3, -0.25) is 4.79 Å². The van der Waals surface area contributed by atoms with Gasteiger partial charge in [-0.1, -0.05) is 44.2 Å². The van der Waals surface area contributed by atoms with Gasteiger partial charge in [0.05, 0.1) is 0 Å². The van der Waals surface area contributed by atoms with Crippen LogP contribution in [0.4, 0.5) is 0 Å². The zero-order chi connectivity index (χ0) is 10.6. The molecule has 74 valence electrons. The van der Waals surface area contributed by atoms with Crippen LogP contribution in [0.2, 0.25) is 0 Å². The summed E-state index contributed by atoms with van der Waals surface area (Å²) in [5.41, 5.74) is 7.00. The van der Waals surface area contributed by atoms with Crippen LogP contribution in [-0.4, -0.2) is 5.78 Å². The van der Waals surface area contributed by atoms with Crippen LogP contribution in [0.1, 0.15) is 24.2 Å². The summed E-state index contributed by atoms with van der Waals surface area (Å²) in [4.78, 5) is 11.6. The summed E-state index contributed by atoms with van der Waals surface area (Å²) in [6, 6.07) is 9.13. The molecule has 0 atom stereocenters. The van der Waals surface area contributed by atoms with Gasteiger partial charge in [0, 0.05) is 17.3 Å². The van der Waals surface area contributed by atoms with Crippen LogP contribution in [0.3, 0.4) is 0 Å². The fourth-order valence-electron chi connectivity index (χ4n) is 1.00. The first kappa shape index (κ1) is 10.5. The fraction of sp³-hybridized carbons (Fsp3) is 0.250. The molecule has 0 aliphatic rings. The molecule has 1 rings (SSSR count). The van der Waals surface area contributed by atoms with E-state index in [-0.39, 0.29) is 11.7 Å². The SMILES string of the molecule is CC(C)/C(N)=C/C(=O)c1ccccc1. The number of hydrogen-bond acceptors (Lipinski definition) is 2. The molecule has 0 spiro atoms. The van der Waals surface area contributed by atoms with Gasteiger partial charge in [-0.15, -0.1) is 0 Å². The maximum Gasteiger partial charge on any atom is 0.187 e. The van der Waals surface area contributed by atoms with Crippen molar-refractivity contribution in [2.24, 2.45) is 11.7 Å². The molecule has 2 nitrogen and oxygen atoms in total. The normalized spacial score (nSPS) is 11.8. The molecule has 2 N–H and O–H groups in total. The maximum absolute atomic E-state index is 11.6. The molecule has 0 aliphatic heterocycles. The van der Waals surface area contributed by atoms with Crippen molar-refractivity contribution in [2.75, 3.05) is 0 Å². The number of ketones is 1. The van der Waals surface area contributed by atoms with Crippen LogP contribution >= 0.6 is 0 Å². The van der Waals surface area contributed by atoms with E-state index in [1.54, 1.807) is 12.1 Å². The lowest BCUT2D eigenvalue weighted by Gasteiger charge is -2.03. The molecule has 1 aromatic carbocycles. The molecular weight excluding hydrogens is 174 g/mol. The zero-order valence-electron chi connectivity index (χ0n) is 8.53. The lowest BCUT2D eigenvalue weighted by atomic mass is 10.1. The van der Waals surface area contributed by atoms with E-state index in [4.69, 9.17) is 5.73 Å². The Labute approximate surface area is 84.4 Å². The second-order valence-electron chi connectivity index (χ2n) is 3.53. The van der Waals surface area contributed by atoms with Crippen LogP contribution in [0.15, 0.2) is 42.1 Å². The van der Waals surface area contributed by atoms with Gasteiger partial charge in [0.15, 0.2) is 5.78 Å². The molecule has 0 aromatic heterocycles. The van der Waals surface area contributed by atoms with Gasteiger partial charge in [0.25, 0.3) is 0 Å². The smallest absolute Gasteiger partial charge is 0.187 e. The zero-order valence-corrected chi connectivity index (χ0v) is 8.53. The minimum absolute atomic E-state index is 0.0307. The van der Waals surface area contributed by atoms with E-state index in [0.29, 0.717) is 11.3 Å². The number of hydrogen-bond donors (Lipinski definition) is 1. The van der Waals surface area contributed by atoms with E-state index in [1.165, 1.54) is 6.08 Å². The average Bonchev–Trinajstić information content (AvgIpc) is 2.19. The Kier molecular flexibility index (Phi) is 3.46. The highest BCUT2D eigenvalue weighted by atomic mass is 16.1. The summed E-state index contributed by atoms with van der Waals surface area (Å²) < 4.78 is 0. The monoisotopic (exact) mass is 189 g/mol. The summed E-state index contributed by atoms with van der Waals surface area (Å²) in [6.07, 6.45) is 1.50. The summed E-state index contributed by atoms with van der Waals surface area (Å²) in [7, 11) is 0. The van der Waals surface area contributed by atoms with Crippen molar-refractivity contribution in [1.82, 2.24) is 0 Å². The predicted octanol–water partition coefficient (Wildman–Crippen LogP) is 2.37. The molecule has 1 aromatic rings. The molecule has 0 fully saturated rings. The van der Waals surface area contributed by atoms with Crippen molar-refractivity contribution in [3.63, 3.8) is 0 Å². The average molecular weight is 189 g/mol. The van der Waals surface area contributed by atoms with Gasteiger partial charge >= 0.3 is 0 Å². The van der Waals surface area contributed by atoms with Gasteiger partial charge in [0.1, 0.15) is 0 Å². The molecule has 0 aliphatic carbocycles. The standard InChI is InChI=1S/C12H15NO/c1-9(2)11(13)8-12(14)10-6-4-3-5-7-10/h3-9H,13H2,1-2H3/b11-8-. The summed E-state index contributed by atoms with van der Waals surface area (Å²) >= 11 is 0. The van der Waals surface area contributed by atoms with Crippen molar-refractivity contribution in [2.45, 2.75) is 13.8 Å². The summed E-state index contributed by atoms with van der Waals surface area (Å²) in [5, 5.41) is 0. The van der Waals surface area contributed by atoms with Crippen molar-refractivity contribution in [1.29, 1.82) is 0 Å². The Balaban J connectivity index is 2.83. The van der Waals surface area contributed by atoms with Crippen molar-refractivity contribution in [3.05, 3.63) is 47.7 Å². The van der Waals surface area contributed by atoms with Crippen molar-refractivity contribution >= 4 is 5.78 Å². The Morgan fingerprint density at radius 1 is 1.29 bits per heavy atom. The van der Waals surface area contributed by atoms with E-state index in [9.17, 15) is 4.79 Å². The van der Waals surface area contributed by atoms with Gasteiger partial charge in [-0.25, -0.2) is 0 Å². The van der Waals surface area contributed by atoms with Crippen molar-refractivity contribution < 1.29 is 4.79 Å². The Morgan fingerprint density at radius 2 is 1.86 bits per heavy atom. The maximum atomic E-state index is 11.6. The Morgan fingerprint density at radius 3 is 2.36 bits per heavy atom. The third-order valence-corrected chi connectivity index (χ3v) is 2.02. The number of carbonyl (C=O) groups excluding carboxylic acids is 1. The molecule has 0 unspecified atom stereocenters. The van der Waals surface area contributed by atoms with Crippen LogP contribution in [0.5, 0.6) is 0 Å². The number of allylic oxidation sites excluding steroid dienone is 2. The van der Waals surface area contributed by atoms with Crippen LogP contribution < -0.4 is 5.73 Å². The largest absolute Gasteiger partial charge is 0.402 e. The van der Waals surface area contributed by atoms with E-state index in [0.717, 1.165) is 0 Å². The molecule has 0 radical (unpaired) electrons. The predicted molar refractivity (Wildman–Crippen MR) is 57.9 cm³/mol. The molecular formula is C12H15NO. The molecule has 2 heteroatoms. The lowest BCUT2D eigenvalue weighted by Crippen LogP contribution is -2.08. The number of rotatable bonds is 3. The molecule has 0 amide bonds. The van der Waals surface area contributed by atoms with Gasteiger partial charge in [0.2, 0.25) is 0 Å². The highest BCUT2D eigenvalue weighted by Gasteiger charge is 2.04. The second kappa shape index (κ2) is 4.61. The first-order valence-corrected chi connectivity index (χ1v) is 4.67. The number of benzene rings is 1. The van der Waals surface area contributed by atoms with Crippen LogP contribution in [-0.2, 0) is 0 Å². The minimum atomic E-state index is -0.0307. The van der Waals surface area contributed by atoms with E-state index in [1.807, 2.05) is 32.0 Å². The quantitative estimate of drug-likeness (QED) is 0.586. The topological polar surface area (TPSA) is 43.1 Å². The summed E-state index contributed by atoms with van der Waals surface area (Å²) in [5.74, 6) is 0.180. The van der Waals surface area contributed by atoms with Crippen LogP contribution in [0.25, 0.3) is 0 Å². The molecule has 0 heterocycles. The van der Waals surface area contributed by atoms with Crippen molar-refractivity contribution in [3.8, 4) is 0 Å². The third-order valence-electron chi connectivity index (χ3n) is 2.02. The second-order valence-corrected chi connectivity index (χ2v) is 3.53. The van der Waals surface area contributed by atoms with Gasteiger partial charge < -0.3 is 5.73 Å². The van der Waals surface area contributed by atoms with E-state index in [2.05, 4.69) is 0 Å². The summed E-state index contributed by atoms with van der Waals surface area (Å²) in [6.45, 7) is 3.92. The fourth-order valence-corrected chi connectivity index (χ4v) is 1.00. The molecule has 0 saturated heterocycles. The van der Waals surface area contributed by atoms with Gasteiger partial charge in [-0.2, -0.15) is 0 Å². The Hall–Kier alpha value is -1.57. The highest BCUT2D eigenvalue weighted by Crippen LogP contribution is 2.06. The van der Waals surface area contributed by atoms with E-state index < -0.39 is 0 Å².